The molecule has 1 amide bonds. The van der Waals surface area contributed by atoms with E-state index < -0.39 is 0 Å². The van der Waals surface area contributed by atoms with Gasteiger partial charge in [0.05, 0.1) is 23.8 Å². The average molecular weight is 255 g/mol. The summed E-state index contributed by atoms with van der Waals surface area (Å²) < 4.78 is 0. The van der Waals surface area contributed by atoms with E-state index in [0.717, 1.165) is 29.8 Å². The molecule has 96 valence electrons. The number of likely N-dealkylation sites (N-methyl/N-ethyl adjacent to an activating group) is 1. The third-order valence-corrected chi connectivity index (χ3v) is 3.71. The van der Waals surface area contributed by atoms with Crippen LogP contribution in [0.25, 0.3) is 0 Å². The van der Waals surface area contributed by atoms with E-state index in [-0.39, 0.29) is 11.9 Å². The minimum atomic E-state index is -0.367. The maximum atomic E-state index is 12.0. The molecule has 0 saturated carbocycles. The van der Waals surface area contributed by atoms with Crippen LogP contribution in [0.5, 0.6) is 0 Å². The lowest BCUT2D eigenvalue weighted by Crippen LogP contribution is -2.41. The quantitative estimate of drug-likeness (QED) is 0.845. The molecule has 2 N–H and O–H groups in total. The van der Waals surface area contributed by atoms with Gasteiger partial charge < -0.3 is 10.6 Å². The number of nitrogens with zero attached hydrogens (tertiary/aromatic N) is 2. The van der Waals surface area contributed by atoms with Crippen molar-refractivity contribution in [1.29, 1.82) is 0 Å². The molecule has 0 spiro atoms. The van der Waals surface area contributed by atoms with Crippen LogP contribution in [0.1, 0.15) is 36.8 Å². The number of hydrogen-bond donors (Lipinski definition) is 1. The number of carbonyl (C=O) groups excluding carboxylic acids is 1. The van der Waals surface area contributed by atoms with Crippen LogP contribution in [0.3, 0.4) is 0 Å². The molecule has 5 heteroatoms. The van der Waals surface area contributed by atoms with Gasteiger partial charge in [0.15, 0.2) is 0 Å². The number of aromatic nitrogens is 1. The van der Waals surface area contributed by atoms with Gasteiger partial charge >= 0.3 is 0 Å². The van der Waals surface area contributed by atoms with E-state index in [1.165, 1.54) is 0 Å². The Morgan fingerprint density at radius 3 is 2.88 bits per heavy atom. The topological polar surface area (TPSA) is 59.2 Å². The van der Waals surface area contributed by atoms with Crippen LogP contribution in [0, 0.1) is 6.92 Å². The zero-order valence-electron chi connectivity index (χ0n) is 10.8. The molecule has 0 aromatic carbocycles. The van der Waals surface area contributed by atoms with Crippen molar-refractivity contribution in [3.8, 4) is 0 Å². The number of aryl methyl sites for hydroxylation is 1. The molecule has 1 aromatic rings. The lowest BCUT2D eigenvalue weighted by Gasteiger charge is -2.20. The summed E-state index contributed by atoms with van der Waals surface area (Å²) in [7, 11) is 1.80. The van der Waals surface area contributed by atoms with Gasteiger partial charge in [-0.15, -0.1) is 11.3 Å². The summed E-state index contributed by atoms with van der Waals surface area (Å²) in [6.07, 6.45) is 2.83. The van der Waals surface area contributed by atoms with Crippen LogP contribution in [0.4, 0.5) is 0 Å². The molecule has 0 aliphatic rings. The first-order valence-electron chi connectivity index (χ1n) is 5.95. The second-order valence-electron chi connectivity index (χ2n) is 4.30. The third kappa shape index (κ3) is 4.09. The predicted octanol–water partition coefficient (Wildman–Crippen LogP) is 1.93. The van der Waals surface area contributed by atoms with Gasteiger partial charge in [-0.2, -0.15) is 0 Å². The molecule has 0 bridgehead atoms. The van der Waals surface area contributed by atoms with Crippen LogP contribution in [-0.4, -0.2) is 28.9 Å². The Morgan fingerprint density at radius 1 is 1.65 bits per heavy atom. The predicted molar refractivity (Wildman–Crippen MR) is 70.8 cm³/mol. The van der Waals surface area contributed by atoms with E-state index in [0.29, 0.717) is 6.54 Å². The minimum absolute atomic E-state index is 0.0197. The molecular weight excluding hydrogens is 234 g/mol. The normalized spacial score (nSPS) is 12.5. The van der Waals surface area contributed by atoms with E-state index in [1.54, 1.807) is 28.8 Å². The van der Waals surface area contributed by atoms with Crippen LogP contribution in [0.15, 0.2) is 5.51 Å². The molecule has 1 aromatic heterocycles. The van der Waals surface area contributed by atoms with Gasteiger partial charge in [-0.1, -0.05) is 19.8 Å². The summed E-state index contributed by atoms with van der Waals surface area (Å²) in [5.74, 6) is 0.0197. The first-order valence-corrected chi connectivity index (χ1v) is 6.83. The Kier molecular flexibility index (Phi) is 5.58. The number of unbranched alkanes of at least 4 members (excludes halogenated alkanes) is 1. The van der Waals surface area contributed by atoms with Crippen LogP contribution < -0.4 is 5.73 Å². The SMILES string of the molecule is CCCCC(N)C(=O)N(C)Cc1scnc1C. The van der Waals surface area contributed by atoms with Crippen molar-refractivity contribution < 1.29 is 4.79 Å². The second kappa shape index (κ2) is 6.71. The second-order valence-corrected chi connectivity index (χ2v) is 5.24. The van der Waals surface area contributed by atoms with Crippen molar-refractivity contribution in [2.75, 3.05) is 7.05 Å². The molecule has 1 heterocycles. The Balaban J connectivity index is 2.49. The van der Waals surface area contributed by atoms with Gasteiger partial charge in [0, 0.05) is 11.9 Å². The fourth-order valence-electron chi connectivity index (χ4n) is 1.60. The Labute approximate surface area is 107 Å². The highest BCUT2D eigenvalue weighted by Crippen LogP contribution is 2.15. The van der Waals surface area contributed by atoms with Crippen molar-refractivity contribution in [2.45, 2.75) is 45.7 Å². The van der Waals surface area contributed by atoms with Crippen molar-refractivity contribution >= 4 is 17.2 Å². The summed E-state index contributed by atoms with van der Waals surface area (Å²) in [6.45, 7) is 4.66. The number of hydrogen-bond acceptors (Lipinski definition) is 4. The standard InChI is InChI=1S/C12H21N3OS/c1-4-5-6-10(13)12(16)15(3)7-11-9(2)14-8-17-11/h8,10H,4-7,13H2,1-3H3. The molecule has 1 unspecified atom stereocenters. The molecule has 1 rings (SSSR count). The number of amides is 1. The molecule has 0 fully saturated rings. The lowest BCUT2D eigenvalue weighted by atomic mass is 10.1. The maximum Gasteiger partial charge on any atom is 0.239 e. The summed E-state index contributed by atoms with van der Waals surface area (Å²) in [5.41, 5.74) is 8.67. The number of nitrogens with two attached hydrogens (primary N) is 1. The average Bonchev–Trinajstić information content (AvgIpc) is 2.70. The van der Waals surface area contributed by atoms with E-state index in [9.17, 15) is 4.79 Å². The van der Waals surface area contributed by atoms with Gasteiger partial charge in [0.25, 0.3) is 0 Å². The minimum Gasteiger partial charge on any atom is -0.339 e. The van der Waals surface area contributed by atoms with Crippen LogP contribution in [0.2, 0.25) is 0 Å². The molecule has 1 atom stereocenters. The summed E-state index contributed by atoms with van der Waals surface area (Å²) in [6, 6.07) is -0.367. The van der Waals surface area contributed by atoms with E-state index in [1.807, 2.05) is 6.92 Å². The zero-order valence-corrected chi connectivity index (χ0v) is 11.6. The number of thiazole rings is 1. The molecule has 0 aliphatic heterocycles. The Bertz CT molecular complexity index is 364. The first-order chi connectivity index (χ1) is 8.06. The molecular formula is C12H21N3OS. The van der Waals surface area contributed by atoms with E-state index >= 15 is 0 Å². The third-order valence-electron chi connectivity index (χ3n) is 2.79. The number of carbonyl (C=O) groups is 1. The van der Waals surface area contributed by atoms with Crippen molar-refractivity contribution in [3.05, 3.63) is 16.1 Å². The van der Waals surface area contributed by atoms with Crippen molar-refractivity contribution in [1.82, 2.24) is 9.88 Å². The van der Waals surface area contributed by atoms with Crippen molar-refractivity contribution in [3.63, 3.8) is 0 Å². The van der Waals surface area contributed by atoms with Gasteiger partial charge in [-0.25, -0.2) is 4.98 Å². The highest BCUT2D eigenvalue weighted by atomic mass is 32.1. The summed E-state index contributed by atoms with van der Waals surface area (Å²) in [4.78, 5) is 19.0. The zero-order chi connectivity index (χ0) is 12.8. The van der Waals surface area contributed by atoms with E-state index in [2.05, 4.69) is 11.9 Å². The smallest absolute Gasteiger partial charge is 0.239 e. The Morgan fingerprint density at radius 2 is 2.35 bits per heavy atom. The fourth-order valence-corrected chi connectivity index (χ4v) is 2.43. The van der Waals surface area contributed by atoms with E-state index in [4.69, 9.17) is 5.73 Å². The van der Waals surface area contributed by atoms with Gasteiger partial charge in [0.2, 0.25) is 5.91 Å². The summed E-state index contributed by atoms with van der Waals surface area (Å²) in [5, 5.41) is 0. The van der Waals surface area contributed by atoms with Crippen molar-refractivity contribution in [2.24, 2.45) is 5.73 Å². The lowest BCUT2D eigenvalue weighted by molar-refractivity contribution is -0.131. The fraction of sp³-hybridized carbons (Fsp3) is 0.667. The number of rotatable bonds is 6. The highest BCUT2D eigenvalue weighted by molar-refractivity contribution is 7.09. The van der Waals surface area contributed by atoms with Crippen LogP contribution in [-0.2, 0) is 11.3 Å². The van der Waals surface area contributed by atoms with Gasteiger partial charge in [0.1, 0.15) is 0 Å². The largest absolute Gasteiger partial charge is 0.339 e. The van der Waals surface area contributed by atoms with Gasteiger partial charge in [-0.3, -0.25) is 4.79 Å². The molecule has 0 saturated heterocycles. The van der Waals surface area contributed by atoms with Crippen LogP contribution >= 0.6 is 11.3 Å². The molecule has 0 aliphatic carbocycles. The molecule has 4 nitrogen and oxygen atoms in total. The molecule has 17 heavy (non-hydrogen) atoms. The van der Waals surface area contributed by atoms with Gasteiger partial charge in [-0.05, 0) is 13.3 Å². The highest BCUT2D eigenvalue weighted by Gasteiger charge is 2.18. The summed E-state index contributed by atoms with van der Waals surface area (Å²) >= 11 is 1.58. The monoisotopic (exact) mass is 255 g/mol. The maximum absolute atomic E-state index is 12.0. The molecule has 0 radical (unpaired) electrons. The Hall–Kier alpha value is -0.940. The first kappa shape index (κ1) is 14.1.